The molecule has 4 nitrogen and oxygen atoms in total. The zero-order valence-electron chi connectivity index (χ0n) is 16.9. The summed E-state index contributed by atoms with van der Waals surface area (Å²) in [6.07, 6.45) is 1.11. The number of benzene rings is 2. The molecule has 2 aromatic carbocycles. The van der Waals surface area contributed by atoms with Gasteiger partial charge in [0.1, 0.15) is 29.0 Å². The average molecular weight is 430 g/mol. The van der Waals surface area contributed by atoms with Crippen LogP contribution < -0.4 is 5.32 Å². The van der Waals surface area contributed by atoms with Crippen LogP contribution in [0.25, 0.3) is 11.3 Å². The van der Waals surface area contributed by atoms with Crippen molar-refractivity contribution >= 4 is 17.4 Å². The number of amides is 1. The van der Waals surface area contributed by atoms with Crippen LogP contribution in [0.1, 0.15) is 36.7 Å². The highest BCUT2D eigenvalue weighted by atomic mass is 19.1. The minimum absolute atomic E-state index is 0.254. The van der Waals surface area contributed by atoms with E-state index in [1.54, 1.807) is 20.8 Å². The molecule has 1 amide bonds. The van der Waals surface area contributed by atoms with E-state index in [4.69, 9.17) is 0 Å². The van der Waals surface area contributed by atoms with E-state index in [9.17, 15) is 27.2 Å². The van der Waals surface area contributed by atoms with E-state index in [-0.39, 0.29) is 16.9 Å². The number of ketones is 1. The van der Waals surface area contributed by atoms with Crippen LogP contribution in [-0.4, -0.2) is 16.7 Å². The molecule has 0 saturated heterocycles. The molecule has 0 atom stereocenters. The van der Waals surface area contributed by atoms with E-state index in [0.29, 0.717) is 6.07 Å². The third-order valence-electron chi connectivity index (χ3n) is 4.49. The Labute approximate surface area is 175 Å². The summed E-state index contributed by atoms with van der Waals surface area (Å²) in [6.45, 7) is 4.80. The van der Waals surface area contributed by atoms with Gasteiger partial charge in [-0.25, -0.2) is 17.6 Å². The van der Waals surface area contributed by atoms with E-state index in [2.05, 4.69) is 10.3 Å². The van der Waals surface area contributed by atoms with Crippen molar-refractivity contribution in [3.63, 3.8) is 0 Å². The Morgan fingerprint density at radius 3 is 2.10 bits per heavy atom. The van der Waals surface area contributed by atoms with Gasteiger partial charge in [0.05, 0.1) is 16.8 Å². The second-order valence-corrected chi connectivity index (χ2v) is 7.84. The molecule has 1 heterocycles. The average Bonchev–Trinajstić information content (AvgIpc) is 2.67. The minimum Gasteiger partial charge on any atom is -0.323 e. The molecular weight excluding hydrogens is 412 g/mol. The first-order chi connectivity index (χ1) is 14.5. The van der Waals surface area contributed by atoms with Crippen molar-refractivity contribution in [2.75, 3.05) is 5.32 Å². The van der Waals surface area contributed by atoms with Crippen molar-refractivity contribution in [3.8, 4) is 11.3 Å². The molecule has 0 aliphatic carbocycles. The first-order valence-corrected chi connectivity index (χ1v) is 9.25. The molecule has 0 fully saturated rings. The van der Waals surface area contributed by atoms with Crippen LogP contribution >= 0.6 is 0 Å². The molecule has 1 aromatic heterocycles. The van der Waals surface area contributed by atoms with Crippen molar-refractivity contribution < 1.29 is 27.2 Å². The molecule has 0 spiro atoms. The standard InChI is InChI=1S/C23H18F4N2O2/c1-23(2,3)22(31)29-19-14(21(30)13-8-7-12(24)11-17(13)27)9-10-28-20(19)18-15(25)5-4-6-16(18)26/h4-11H,1-3H3,(H,29,31). The Morgan fingerprint density at radius 2 is 1.52 bits per heavy atom. The highest BCUT2D eigenvalue weighted by molar-refractivity contribution is 6.16. The van der Waals surface area contributed by atoms with Gasteiger partial charge in [-0.2, -0.15) is 0 Å². The topological polar surface area (TPSA) is 59.1 Å². The van der Waals surface area contributed by atoms with E-state index < -0.39 is 51.5 Å². The van der Waals surface area contributed by atoms with Gasteiger partial charge in [0.2, 0.25) is 5.91 Å². The van der Waals surface area contributed by atoms with Gasteiger partial charge in [0.15, 0.2) is 5.78 Å². The summed E-state index contributed by atoms with van der Waals surface area (Å²) in [4.78, 5) is 29.7. The SMILES string of the molecule is CC(C)(C)C(=O)Nc1c(C(=O)c2ccc(F)cc2F)ccnc1-c1c(F)cccc1F. The number of carbonyl (C=O) groups excluding carboxylic acids is 2. The normalized spacial score (nSPS) is 11.3. The summed E-state index contributed by atoms with van der Waals surface area (Å²) in [5.74, 6) is -5.39. The van der Waals surface area contributed by atoms with Gasteiger partial charge in [-0.1, -0.05) is 26.8 Å². The first-order valence-electron chi connectivity index (χ1n) is 9.25. The van der Waals surface area contributed by atoms with E-state index >= 15 is 0 Å². The Kier molecular flexibility index (Phi) is 5.92. The number of anilines is 1. The summed E-state index contributed by atoms with van der Waals surface area (Å²) < 4.78 is 56.5. The number of hydrogen-bond acceptors (Lipinski definition) is 3. The lowest BCUT2D eigenvalue weighted by atomic mass is 9.94. The molecular formula is C23H18F4N2O2. The van der Waals surface area contributed by atoms with Crippen molar-refractivity contribution in [2.24, 2.45) is 5.41 Å². The number of pyridine rings is 1. The Morgan fingerprint density at radius 1 is 0.871 bits per heavy atom. The van der Waals surface area contributed by atoms with E-state index in [1.165, 1.54) is 6.07 Å². The van der Waals surface area contributed by atoms with Gasteiger partial charge >= 0.3 is 0 Å². The fourth-order valence-corrected chi connectivity index (χ4v) is 2.81. The molecule has 1 N–H and O–H groups in total. The number of rotatable bonds is 4. The maximum atomic E-state index is 14.5. The molecule has 3 aromatic rings. The van der Waals surface area contributed by atoms with Gasteiger partial charge in [-0.05, 0) is 30.3 Å². The van der Waals surface area contributed by atoms with Crippen molar-refractivity contribution in [1.29, 1.82) is 0 Å². The quantitative estimate of drug-likeness (QED) is 0.438. The summed E-state index contributed by atoms with van der Waals surface area (Å²) in [5.41, 5.74) is -2.82. The van der Waals surface area contributed by atoms with Crippen LogP contribution in [0.3, 0.4) is 0 Å². The summed E-state index contributed by atoms with van der Waals surface area (Å²) in [5, 5.41) is 2.50. The molecule has 0 bridgehead atoms. The third kappa shape index (κ3) is 4.47. The molecule has 0 aliphatic heterocycles. The van der Waals surface area contributed by atoms with E-state index in [0.717, 1.165) is 36.5 Å². The van der Waals surface area contributed by atoms with Crippen LogP contribution in [-0.2, 0) is 4.79 Å². The second kappa shape index (κ2) is 8.29. The van der Waals surface area contributed by atoms with Crippen LogP contribution in [0.5, 0.6) is 0 Å². The molecule has 3 rings (SSSR count). The minimum atomic E-state index is -1.12. The summed E-state index contributed by atoms with van der Waals surface area (Å²) in [7, 11) is 0. The van der Waals surface area contributed by atoms with Gasteiger partial charge in [0.25, 0.3) is 0 Å². The fraction of sp³-hybridized carbons (Fsp3) is 0.174. The van der Waals surface area contributed by atoms with Crippen molar-refractivity contribution in [2.45, 2.75) is 20.8 Å². The Hall–Kier alpha value is -3.55. The maximum Gasteiger partial charge on any atom is 0.229 e. The van der Waals surface area contributed by atoms with Crippen LogP contribution in [0, 0.1) is 28.7 Å². The van der Waals surface area contributed by atoms with Gasteiger partial charge in [-0.3, -0.25) is 14.6 Å². The highest BCUT2D eigenvalue weighted by Crippen LogP contribution is 2.35. The van der Waals surface area contributed by atoms with Crippen LogP contribution in [0.15, 0.2) is 48.7 Å². The third-order valence-corrected chi connectivity index (χ3v) is 4.49. The zero-order chi connectivity index (χ0) is 22.9. The smallest absolute Gasteiger partial charge is 0.229 e. The zero-order valence-corrected chi connectivity index (χ0v) is 16.9. The number of nitrogens with zero attached hydrogens (tertiary/aromatic N) is 1. The largest absolute Gasteiger partial charge is 0.323 e. The van der Waals surface area contributed by atoms with Gasteiger partial charge in [-0.15, -0.1) is 0 Å². The molecule has 0 radical (unpaired) electrons. The Balaban J connectivity index is 2.26. The predicted octanol–water partition coefficient (Wildman–Crippen LogP) is 5.52. The van der Waals surface area contributed by atoms with Crippen molar-refractivity contribution in [1.82, 2.24) is 4.98 Å². The number of aromatic nitrogens is 1. The lowest BCUT2D eigenvalue weighted by Gasteiger charge is -2.21. The maximum absolute atomic E-state index is 14.5. The number of carbonyl (C=O) groups is 2. The molecule has 0 aliphatic rings. The molecule has 160 valence electrons. The molecule has 31 heavy (non-hydrogen) atoms. The number of halogens is 4. The Bertz CT molecular complexity index is 1170. The monoisotopic (exact) mass is 430 g/mol. The van der Waals surface area contributed by atoms with Gasteiger partial charge in [0, 0.05) is 23.2 Å². The highest BCUT2D eigenvalue weighted by Gasteiger charge is 2.28. The second-order valence-electron chi connectivity index (χ2n) is 7.84. The van der Waals surface area contributed by atoms with Crippen molar-refractivity contribution in [3.05, 3.63) is 83.1 Å². The molecule has 0 saturated carbocycles. The van der Waals surface area contributed by atoms with E-state index in [1.807, 2.05) is 0 Å². The summed E-state index contributed by atoms with van der Waals surface area (Å²) >= 11 is 0. The number of nitrogens with one attached hydrogen (secondary N) is 1. The van der Waals surface area contributed by atoms with Crippen LogP contribution in [0.2, 0.25) is 0 Å². The number of hydrogen-bond donors (Lipinski definition) is 1. The molecule has 0 unspecified atom stereocenters. The summed E-state index contributed by atoms with van der Waals surface area (Å²) in [6, 6.07) is 6.75. The van der Waals surface area contributed by atoms with Gasteiger partial charge < -0.3 is 5.32 Å². The first kappa shape index (κ1) is 22.1. The lowest BCUT2D eigenvalue weighted by molar-refractivity contribution is -0.123. The fourth-order valence-electron chi connectivity index (χ4n) is 2.81. The molecule has 8 heteroatoms. The predicted molar refractivity (Wildman–Crippen MR) is 107 cm³/mol. The lowest BCUT2D eigenvalue weighted by Crippen LogP contribution is -2.29. The van der Waals surface area contributed by atoms with Crippen LogP contribution in [0.4, 0.5) is 23.2 Å².